The van der Waals surface area contributed by atoms with Crippen LogP contribution in [0.25, 0.3) is 0 Å². The quantitative estimate of drug-likeness (QED) is 0.747. The van der Waals surface area contributed by atoms with Crippen molar-refractivity contribution in [3.05, 3.63) is 17.5 Å². The van der Waals surface area contributed by atoms with Crippen LogP contribution in [0.5, 0.6) is 0 Å². The summed E-state index contributed by atoms with van der Waals surface area (Å²) in [5, 5.41) is 4.33. The molecule has 3 N–H and O–H groups in total. The molecule has 15 heavy (non-hydrogen) atoms. The molecule has 0 aliphatic carbocycles. The summed E-state index contributed by atoms with van der Waals surface area (Å²) in [5.74, 6) is -6.60. The summed E-state index contributed by atoms with van der Waals surface area (Å²) in [6, 6.07) is 0. The number of nitrogens with two attached hydrogens (primary N) is 1. The van der Waals surface area contributed by atoms with Crippen molar-refractivity contribution in [1.82, 2.24) is 10.2 Å². The van der Waals surface area contributed by atoms with Gasteiger partial charge in [0.15, 0.2) is 0 Å². The number of nitrogens with zero attached hydrogens (tertiary/aromatic N) is 1. The molecule has 0 unspecified atom stereocenters. The minimum atomic E-state index is -5.82. The number of carbonyl (C=O) groups excluding carboxylic acids is 1. The van der Waals surface area contributed by atoms with Crippen LogP contribution in [0.1, 0.15) is 16.1 Å². The maximum Gasteiger partial charge on any atom is 0.459 e. The number of hydrogen-bond donors (Lipinski definition) is 2. The molecule has 9 heteroatoms. The lowest BCUT2D eigenvalue weighted by Gasteiger charge is -2.18. The zero-order valence-corrected chi connectivity index (χ0v) is 6.90. The van der Waals surface area contributed by atoms with Gasteiger partial charge in [0.1, 0.15) is 5.69 Å². The van der Waals surface area contributed by atoms with Crippen LogP contribution in [0.2, 0.25) is 0 Å². The molecule has 1 rings (SSSR count). The monoisotopic (exact) mass is 229 g/mol. The van der Waals surface area contributed by atoms with E-state index >= 15 is 0 Å². The van der Waals surface area contributed by atoms with Gasteiger partial charge in [-0.15, -0.1) is 0 Å². The summed E-state index contributed by atoms with van der Waals surface area (Å²) < 4.78 is 61.1. The Morgan fingerprint density at radius 1 is 1.33 bits per heavy atom. The van der Waals surface area contributed by atoms with Crippen molar-refractivity contribution in [2.24, 2.45) is 5.73 Å². The molecule has 84 valence electrons. The summed E-state index contributed by atoms with van der Waals surface area (Å²) in [6.07, 6.45) is -5.30. The second kappa shape index (κ2) is 3.17. The maximum absolute atomic E-state index is 12.7. The number of halogens is 5. The maximum atomic E-state index is 12.7. The Bertz CT molecular complexity index is 382. The third-order valence-electron chi connectivity index (χ3n) is 1.57. The Kier molecular flexibility index (Phi) is 2.41. The number of rotatable bonds is 2. The van der Waals surface area contributed by atoms with Crippen molar-refractivity contribution >= 4 is 5.91 Å². The van der Waals surface area contributed by atoms with E-state index in [1.807, 2.05) is 0 Å². The molecule has 0 aromatic carbocycles. The largest absolute Gasteiger partial charge is 0.459 e. The summed E-state index contributed by atoms with van der Waals surface area (Å²) >= 11 is 0. The Hall–Kier alpha value is -1.67. The first-order valence-electron chi connectivity index (χ1n) is 3.46. The standard InChI is InChI=1S/C6H4F5N3O/c7-5(8,6(9,10)11)3-2(4(12)15)1-13-14-3/h1H,(H2,12,15)(H,13,14). The highest BCUT2D eigenvalue weighted by Crippen LogP contribution is 2.43. The van der Waals surface area contributed by atoms with Crippen LogP contribution < -0.4 is 5.73 Å². The van der Waals surface area contributed by atoms with Gasteiger partial charge in [-0.2, -0.15) is 27.1 Å². The fraction of sp³-hybridized carbons (Fsp3) is 0.333. The molecular formula is C6H4F5N3O. The van der Waals surface area contributed by atoms with Crippen LogP contribution in [0, 0.1) is 0 Å². The SMILES string of the molecule is NC(=O)c1cn[nH]c1C(F)(F)C(F)(F)F. The smallest absolute Gasteiger partial charge is 0.365 e. The third kappa shape index (κ3) is 1.76. The van der Waals surface area contributed by atoms with E-state index in [0.29, 0.717) is 6.20 Å². The number of carbonyl (C=O) groups is 1. The minimum absolute atomic E-state index is 0.511. The Balaban J connectivity index is 3.27. The highest BCUT2D eigenvalue weighted by atomic mass is 19.4. The predicted molar refractivity (Wildman–Crippen MR) is 37.1 cm³/mol. The van der Waals surface area contributed by atoms with Gasteiger partial charge in [0, 0.05) is 0 Å². The van der Waals surface area contributed by atoms with Crippen LogP contribution in [0.4, 0.5) is 22.0 Å². The van der Waals surface area contributed by atoms with E-state index in [1.54, 1.807) is 0 Å². The van der Waals surface area contributed by atoms with Crippen LogP contribution in [-0.4, -0.2) is 22.3 Å². The van der Waals surface area contributed by atoms with Gasteiger partial charge in [-0.1, -0.05) is 0 Å². The zero-order chi connectivity index (χ0) is 11.9. The minimum Gasteiger partial charge on any atom is -0.365 e. The molecule has 1 aromatic heterocycles. The zero-order valence-electron chi connectivity index (χ0n) is 6.90. The molecule has 1 aromatic rings. The van der Waals surface area contributed by atoms with Crippen molar-refractivity contribution in [2.75, 3.05) is 0 Å². The van der Waals surface area contributed by atoms with E-state index in [4.69, 9.17) is 0 Å². The summed E-state index contributed by atoms with van der Waals surface area (Å²) in [5.41, 5.74) is 1.96. The lowest BCUT2D eigenvalue weighted by molar-refractivity contribution is -0.291. The van der Waals surface area contributed by atoms with E-state index in [2.05, 4.69) is 10.8 Å². The molecule has 1 heterocycles. The van der Waals surface area contributed by atoms with E-state index in [-0.39, 0.29) is 0 Å². The van der Waals surface area contributed by atoms with Crippen molar-refractivity contribution in [2.45, 2.75) is 12.1 Å². The molecule has 0 fully saturated rings. The molecule has 0 spiro atoms. The first-order chi connectivity index (χ1) is 6.68. The second-order valence-electron chi connectivity index (χ2n) is 2.60. The fourth-order valence-electron chi connectivity index (χ4n) is 0.854. The first-order valence-corrected chi connectivity index (χ1v) is 3.46. The molecule has 0 radical (unpaired) electrons. The average Bonchev–Trinajstić information content (AvgIpc) is 2.48. The lowest BCUT2D eigenvalue weighted by atomic mass is 10.1. The van der Waals surface area contributed by atoms with E-state index in [0.717, 1.165) is 0 Å². The van der Waals surface area contributed by atoms with Crippen molar-refractivity contribution < 1.29 is 26.7 Å². The van der Waals surface area contributed by atoms with Gasteiger partial charge in [0.2, 0.25) is 0 Å². The third-order valence-corrected chi connectivity index (χ3v) is 1.57. The lowest BCUT2D eigenvalue weighted by Crippen LogP contribution is -2.36. The van der Waals surface area contributed by atoms with Gasteiger partial charge in [0.05, 0.1) is 11.8 Å². The number of alkyl halides is 5. The summed E-state index contributed by atoms with van der Waals surface area (Å²) in [6.45, 7) is 0. The average molecular weight is 229 g/mol. The van der Waals surface area contributed by atoms with Crippen LogP contribution >= 0.6 is 0 Å². The number of nitrogens with one attached hydrogen (secondary N) is 1. The van der Waals surface area contributed by atoms with Gasteiger partial charge < -0.3 is 5.73 Å². The molecule has 1 amide bonds. The van der Waals surface area contributed by atoms with Gasteiger partial charge in [-0.3, -0.25) is 9.89 Å². The molecule has 0 bridgehead atoms. The van der Waals surface area contributed by atoms with Gasteiger partial charge in [-0.25, -0.2) is 0 Å². The molecule has 0 atom stereocenters. The van der Waals surface area contributed by atoms with E-state index in [1.165, 1.54) is 5.10 Å². The van der Waals surface area contributed by atoms with Crippen molar-refractivity contribution in [3.8, 4) is 0 Å². The normalized spacial score (nSPS) is 12.9. The van der Waals surface area contributed by atoms with Crippen LogP contribution in [0.15, 0.2) is 6.20 Å². The fourth-order valence-corrected chi connectivity index (χ4v) is 0.854. The van der Waals surface area contributed by atoms with Gasteiger partial charge in [0.25, 0.3) is 5.91 Å². The van der Waals surface area contributed by atoms with Gasteiger partial charge >= 0.3 is 12.1 Å². The number of aromatic nitrogens is 2. The molecule has 0 saturated carbocycles. The summed E-state index contributed by atoms with van der Waals surface area (Å²) in [4.78, 5) is 10.5. The molecule has 4 nitrogen and oxygen atoms in total. The first kappa shape index (κ1) is 11.4. The number of hydrogen-bond acceptors (Lipinski definition) is 2. The van der Waals surface area contributed by atoms with Crippen molar-refractivity contribution in [3.63, 3.8) is 0 Å². The summed E-state index contributed by atoms with van der Waals surface area (Å²) in [7, 11) is 0. The van der Waals surface area contributed by atoms with Crippen LogP contribution in [0.3, 0.4) is 0 Å². The molecular weight excluding hydrogens is 225 g/mol. The number of aromatic amines is 1. The topological polar surface area (TPSA) is 71.8 Å². The number of H-pyrrole nitrogens is 1. The highest BCUT2D eigenvalue weighted by Gasteiger charge is 2.61. The Morgan fingerprint density at radius 3 is 2.27 bits per heavy atom. The predicted octanol–water partition coefficient (Wildman–Crippen LogP) is 1.16. The number of amides is 1. The van der Waals surface area contributed by atoms with Crippen LogP contribution in [-0.2, 0) is 5.92 Å². The Labute approximate surface area is 79.3 Å². The molecule has 0 aliphatic heterocycles. The Morgan fingerprint density at radius 2 is 1.87 bits per heavy atom. The van der Waals surface area contributed by atoms with E-state index in [9.17, 15) is 26.7 Å². The molecule has 0 aliphatic rings. The van der Waals surface area contributed by atoms with Crippen molar-refractivity contribution in [1.29, 1.82) is 0 Å². The van der Waals surface area contributed by atoms with Gasteiger partial charge in [-0.05, 0) is 0 Å². The number of primary amides is 1. The molecule has 0 saturated heterocycles. The van der Waals surface area contributed by atoms with E-state index < -0.39 is 29.3 Å². The second-order valence-corrected chi connectivity index (χ2v) is 2.60. The highest BCUT2D eigenvalue weighted by molar-refractivity contribution is 5.93.